The van der Waals surface area contributed by atoms with Crippen LogP contribution in [0.25, 0.3) is 10.2 Å². The molecule has 6 nitrogen and oxygen atoms in total. The molecule has 0 atom stereocenters. The van der Waals surface area contributed by atoms with Crippen molar-refractivity contribution < 1.29 is 14.3 Å². The Balaban J connectivity index is 1.66. The molecule has 27 heavy (non-hydrogen) atoms. The number of morpholine rings is 1. The third-order valence-corrected chi connectivity index (χ3v) is 6.17. The molecule has 1 aromatic heterocycles. The number of rotatable bonds is 6. The Kier molecular flexibility index (Phi) is 7.12. The van der Waals surface area contributed by atoms with Crippen molar-refractivity contribution in [2.24, 2.45) is 4.99 Å². The number of benzene rings is 1. The molecule has 0 aliphatic carbocycles. The molecule has 1 aliphatic rings. The molecule has 2 amide bonds. The van der Waals surface area contributed by atoms with Crippen molar-refractivity contribution in [2.45, 2.75) is 6.54 Å². The van der Waals surface area contributed by atoms with E-state index in [1.54, 1.807) is 11.0 Å². The monoisotopic (exact) mass is 425 g/mol. The SMILES string of the molecule is C=CCn1c(=NC(=O)CSCC(=O)N2CCOCC2)sc2cc(Cl)ccc21. The summed E-state index contributed by atoms with van der Waals surface area (Å²) in [6.45, 7) is 6.70. The zero-order valence-electron chi connectivity index (χ0n) is 14.7. The highest BCUT2D eigenvalue weighted by Crippen LogP contribution is 2.22. The van der Waals surface area contributed by atoms with Gasteiger partial charge < -0.3 is 14.2 Å². The first-order chi connectivity index (χ1) is 13.1. The fraction of sp³-hybridized carbons (Fsp3) is 0.389. The number of ether oxygens (including phenoxy) is 1. The molecule has 1 saturated heterocycles. The van der Waals surface area contributed by atoms with Crippen LogP contribution >= 0.6 is 34.7 Å². The van der Waals surface area contributed by atoms with Gasteiger partial charge in [-0.3, -0.25) is 9.59 Å². The third-order valence-electron chi connectivity index (χ3n) is 3.99. The fourth-order valence-corrected chi connectivity index (χ4v) is 4.74. The lowest BCUT2D eigenvalue weighted by atomic mass is 10.3. The molecule has 0 unspecified atom stereocenters. The van der Waals surface area contributed by atoms with Gasteiger partial charge in [-0.25, -0.2) is 0 Å². The number of aromatic nitrogens is 1. The number of thiazole rings is 1. The topological polar surface area (TPSA) is 63.9 Å². The second kappa shape index (κ2) is 9.54. The number of fused-ring (bicyclic) bond motifs is 1. The molecule has 0 radical (unpaired) electrons. The van der Waals surface area contributed by atoms with E-state index in [1.165, 1.54) is 23.1 Å². The van der Waals surface area contributed by atoms with Crippen molar-refractivity contribution in [1.29, 1.82) is 0 Å². The highest BCUT2D eigenvalue weighted by molar-refractivity contribution is 8.00. The summed E-state index contributed by atoms with van der Waals surface area (Å²) < 4.78 is 8.14. The van der Waals surface area contributed by atoms with E-state index in [0.29, 0.717) is 42.7 Å². The summed E-state index contributed by atoms with van der Waals surface area (Å²) in [5, 5.41) is 0.643. The van der Waals surface area contributed by atoms with Gasteiger partial charge in [0, 0.05) is 24.7 Å². The van der Waals surface area contributed by atoms with E-state index in [1.807, 2.05) is 22.8 Å². The first-order valence-corrected chi connectivity index (χ1v) is 10.8. The Morgan fingerprint density at radius 3 is 2.85 bits per heavy atom. The third kappa shape index (κ3) is 5.22. The van der Waals surface area contributed by atoms with Crippen LogP contribution in [0.3, 0.4) is 0 Å². The van der Waals surface area contributed by atoms with Gasteiger partial charge in [0.05, 0.1) is 34.9 Å². The van der Waals surface area contributed by atoms with Crippen molar-refractivity contribution in [3.8, 4) is 0 Å². The minimum absolute atomic E-state index is 0.0364. The van der Waals surface area contributed by atoms with Crippen LogP contribution < -0.4 is 4.80 Å². The van der Waals surface area contributed by atoms with E-state index >= 15 is 0 Å². The molecular formula is C18H20ClN3O3S2. The van der Waals surface area contributed by atoms with Gasteiger partial charge in [-0.1, -0.05) is 29.0 Å². The molecule has 0 spiro atoms. The van der Waals surface area contributed by atoms with Gasteiger partial charge in [-0.2, -0.15) is 4.99 Å². The van der Waals surface area contributed by atoms with Crippen LogP contribution in [0.1, 0.15) is 0 Å². The fourth-order valence-electron chi connectivity index (χ4n) is 2.71. The predicted octanol–water partition coefficient (Wildman–Crippen LogP) is 2.56. The van der Waals surface area contributed by atoms with Crippen molar-refractivity contribution in [3.63, 3.8) is 0 Å². The minimum Gasteiger partial charge on any atom is -0.378 e. The molecule has 1 aromatic carbocycles. The molecule has 3 rings (SSSR count). The van der Waals surface area contributed by atoms with E-state index in [9.17, 15) is 9.59 Å². The van der Waals surface area contributed by atoms with Crippen LogP contribution in [0.5, 0.6) is 0 Å². The van der Waals surface area contributed by atoms with Gasteiger partial charge in [0.25, 0.3) is 5.91 Å². The Labute approximate surface area is 170 Å². The molecule has 0 bridgehead atoms. The Morgan fingerprint density at radius 2 is 2.11 bits per heavy atom. The van der Waals surface area contributed by atoms with Gasteiger partial charge in [0.15, 0.2) is 4.80 Å². The quantitative estimate of drug-likeness (QED) is 0.667. The van der Waals surface area contributed by atoms with Crippen LogP contribution in [0, 0.1) is 0 Å². The van der Waals surface area contributed by atoms with Crippen LogP contribution in [-0.4, -0.2) is 59.1 Å². The van der Waals surface area contributed by atoms with Crippen LogP contribution in [0.2, 0.25) is 5.02 Å². The molecule has 2 heterocycles. The zero-order chi connectivity index (χ0) is 19.2. The maximum Gasteiger partial charge on any atom is 0.258 e. The van der Waals surface area contributed by atoms with Gasteiger partial charge >= 0.3 is 0 Å². The summed E-state index contributed by atoms with van der Waals surface area (Å²) in [6, 6.07) is 5.59. The molecule has 0 N–H and O–H groups in total. The van der Waals surface area contributed by atoms with E-state index in [0.717, 1.165) is 10.2 Å². The molecular weight excluding hydrogens is 406 g/mol. The number of nitrogens with zero attached hydrogens (tertiary/aromatic N) is 3. The van der Waals surface area contributed by atoms with E-state index in [2.05, 4.69) is 11.6 Å². The first-order valence-electron chi connectivity index (χ1n) is 8.49. The number of thioether (sulfide) groups is 1. The smallest absolute Gasteiger partial charge is 0.258 e. The lowest BCUT2D eigenvalue weighted by molar-refractivity contribution is -0.132. The van der Waals surface area contributed by atoms with Crippen molar-refractivity contribution >= 4 is 56.7 Å². The van der Waals surface area contributed by atoms with Gasteiger partial charge in [0.1, 0.15) is 0 Å². The predicted molar refractivity (Wildman–Crippen MR) is 110 cm³/mol. The normalized spacial score (nSPS) is 15.3. The van der Waals surface area contributed by atoms with E-state index < -0.39 is 0 Å². The molecule has 2 aromatic rings. The summed E-state index contributed by atoms with van der Waals surface area (Å²) in [5.41, 5.74) is 0.964. The molecule has 1 aliphatic heterocycles. The summed E-state index contributed by atoms with van der Waals surface area (Å²) in [5.74, 6) is 0.217. The standard InChI is InChI=1S/C18H20ClN3O3S2/c1-2-5-22-14-4-3-13(19)10-15(14)27-18(22)20-16(23)11-26-12-17(24)21-6-8-25-9-7-21/h2-4,10H,1,5-9,11-12H2. The second-order valence-electron chi connectivity index (χ2n) is 5.89. The van der Waals surface area contributed by atoms with Crippen LogP contribution in [0.4, 0.5) is 0 Å². The largest absolute Gasteiger partial charge is 0.378 e. The van der Waals surface area contributed by atoms with Crippen LogP contribution in [-0.2, 0) is 20.9 Å². The number of hydrogen-bond donors (Lipinski definition) is 0. The summed E-state index contributed by atoms with van der Waals surface area (Å²) in [4.78, 5) is 31.0. The Hall–Kier alpha value is -1.61. The van der Waals surface area contributed by atoms with Gasteiger partial charge in [-0.15, -0.1) is 18.3 Å². The molecule has 144 valence electrons. The number of allylic oxidation sites excluding steroid dienone is 1. The van der Waals surface area contributed by atoms with Crippen molar-refractivity contribution in [3.05, 3.63) is 40.7 Å². The van der Waals surface area contributed by atoms with Crippen molar-refractivity contribution in [1.82, 2.24) is 9.47 Å². The first kappa shape index (κ1) is 20.1. The Morgan fingerprint density at radius 1 is 1.33 bits per heavy atom. The van der Waals surface area contributed by atoms with Gasteiger partial charge in [0.2, 0.25) is 5.91 Å². The molecule has 9 heteroatoms. The Bertz CT molecular complexity index is 916. The molecule has 1 fully saturated rings. The number of amides is 2. The van der Waals surface area contributed by atoms with Crippen molar-refractivity contribution in [2.75, 3.05) is 37.8 Å². The summed E-state index contributed by atoms with van der Waals surface area (Å²) in [6.07, 6.45) is 1.76. The summed E-state index contributed by atoms with van der Waals surface area (Å²) >= 11 is 8.76. The lowest BCUT2D eigenvalue weighted by Gasteiger charge is -2.26. The average Bonchev–Trinajstić information content (AvgIpc) is 2.98. The maximum absolute atomic E-state index is 12.3. The lowest BCUT2D eigenvalue weighted by Crippen LogP contribution is -2.41. The summed E-state index contributed by atoms with van der Waals surface area (Å²) in [7, 11) is 0. The molecule has 0 saturated carbocycles. The average molecular weight is 426 g/mol. The highest BCUT2D eigenvalue weighted by atomic mass is 35.5. The maximum atomic E-state index is 12.3. The number of halogens is 1. The highest BCUT2D eigenvalue weighted by Gasteiger charge is 2.17. The van der Waals surface area contributed by atoms with E-state index in [4.69, 9.17) is 16.3 Å². The zero-order valence-corrected chi connectivity index (χ0v) is 17.1. The van der Waals surface area contributed by atoms with Crippen LogP contribution in [0.15, 0.2) is 35.8 Å². The minimum atomic E-state index is -0.259. The number of carbonyl (C=O) groups excluding carboxylic acids is 2. The number of hydrogen-bond acceptors (Lipinski definition) is 5. The number of carbonyl (C=O) groups is 2. The van der Waals surface area contributed by atoms with E-state index in [-0.39, 0.29) is 23.3 Å². The van der Waals surface area contributed by atoms with Gasteiger partial charge in [-0.05, 0) is 18.2 Å². The second-order valence-corrected chi connectivity index (χ2v) is 8.32.